The molecule has 2 amide bonds. The minimum atomic E-state index is -0.575. The Morgan fingerprint density at radius 2 is 2.20 bits per heavy atom. The predicted octanol–water partition coefficient (Wildman–Crippen LogP) is 1.17. The highest BCUT2D eigenvalue weighted by molar-refractivity contribution is 5.90. The monoisotopic (exact) mass is 206 g/mol. The van der Waals surface area contributed by atoms with Crippen LogP contribution in [-0.4, -0.2) is 24.1 Å². The second-order valence-corrected chi connectivity index (χ2v) is 3.55. The molecule has 0 saturated carbocycles. The number of rotatable bonds is 2. The van der Waals surface area contributed by atoms with Crippen molar-refractivity contribution in [3.63, 3.8) is 0 Å². The molecule has 80 valence electrons. The number of hydrogen-bond donors (Lipinski definition) is 2. The van der Waals surface area contributed by atoms with Gasteiger partial charge in [0.15, 0.2) is 5.82 Å². The number of primary amides is 1. The molecule has 15 heavy (non-hydrogen) atoms. The van der Waals surface area contributed by atoms with Gasteiger partial charge in [0.1, 0.15) is 0 Å². The Bertz CT molecular complexity index is 360. The van der Waals surface area contributed by atoms with Crippen LogP contribution in [0.1, 0.15) is 12.8 Å². The van der Waals surface area contributed by atoms with Crippen LogP contribution >= 0.6 is 0 Å². The van der Waals surface area contributed by atoms with Crippen molar-refractivity contribution in [1.82, 2.24) is 4.98 Å². The standard InChI is InChI=1S/C10H14N4O/c11-10(15)13-9-8(4-3-5-12-9)14-6-1-2-7-14/h3-5H,1-2,6-7H2,(H3,11,12,13,15). The van der Waals surface area contributed by atoms with E-state index in [2.05, 4.69) is 15.2 Å². The maximum Gasteiger partial charge on any atom is 0.317 e. The molecule has 0 atom stereocenters. The van der Waals surface area contributed by atoms with Crippen LogP contribution in [0, 0.1) is 0 Å². The fourth-order valence-electron chi connectivity index (χ4n) is 1.82. The molecule has 0 aromatic carbocycles. The number of pyridine rings is 1. The van der Waals surface area contributed by atoms with Crippen molar-refractivity contribution >= 4 is 17.5 Å². The van der Waals surface area contributed by atoms with Crippen LogP contribution in [0.3, 0.4) is 0 Å². The second-order valence-electron chi connectivity index (χ2n) is 3.55. The number of hydrogen-bond acceptors (Lipinski definition) is 3. The average Bonchev–Trinajstić information content (AvgIpc) is 2.70. The summed E-state index contributed by atoms with van der Waals surface area (Å²) < 4.78 is 0. The smallest absolute Gasteiger partial charge is 0.317 e. The number of urea groups is 1. The van der Waals surface area contributed by atoms with Crippen LogP contribution in [0.5, 0.6) is 0 Å². The number of nitrogens with one attached hydrogen (secondary N) is 1. The van der Waals surface area contributed by atoms with Crippen molar-refractivity contribution in [2.24, 2.45) is 5.73 Å². The zero-order valence-electron chi connectivity index (χ0n) is 8.44. The lowest BCUT2D eigenvalue weighted by Crippen LogP contribution is -2.24. The molecule has 0 spiro atoms. The number of nitrogens with zero attached hydrogens (tertiary/aromatic N) is 2. The van der Waals surface area contributed by atoms with Gasteiger partial charge in [-0.2, -0.15) is 0 Å². The van der Waals surface area contributed by atoms with Crippen molar-refractivity contribution in [2.75, 3.05) is 23.3 Å². The van der Waals surface area contributed by atoms with Gasteiger partial charge >= 0.3 is 6.03 Å². The molecule has 1 saturated heterocycles. The van der Waals surface area contributed by atoms with E-state index in [1.165, 1.54) is 12.8 Å². The van der Waals surface area contributed by atoms with Gasteiger partial charge in [-0.25, -0.2) is 9.78 Å². The van der Waals surface area contributed by atoms with Gasteiger partial charge in [0.25, 0.3) is 0 Å². The molecule has 1 aromatic rings. The molecule has 0 unspecified atom stereocenters. The van der Waals surface area contributed by atoms with Crippen molar-refractivity contribution in [3.8, 4) is 0 Å². The summed E-state index contributed by atoms with van der Waals surface area (Å²) in [7, 11) is 0. The lowest BCUT2D eigenvalue weighted by atomic mass is 10.3. The maximum atomic E-state index is 10.8. The first kappa shape index (κ1) is 9.76. The highest BCUT2D eigenvalue weighted by atomic mass is 16.2. The first-order chi connectivity index (χ1) is 7.27. The summed E-state index contributed by atoms with van der Waals surface area (Å²) in [6.07, 6.45) is 4.01. The first-order valence-electron chi connectivity index (χ1n) is 5.04. The van der Waals surface area contributed by atoms with E-state index < -0.39 is 6.03 Å². The quantitative estimate of drug-likeness (QED) is 0.763. The molecule has 1 aromatic heterocycles. The molecule has 1 aliphatic rings. The summed E-state index contributed by atoms with van der Waals surface area (Å²) in [6.45, 7) is 2.03. The summed E-state index contributed by atoms with van der Waals surface area (Å²) in [6, 6.07) is 3.23. The number of carbonyl (C=O) groups is 1. The maximum absolute atomic E-state index is 10.8. The number of nitrogens with two attached hydrogens (primary N) is 1. The van der Waals surface area contributed by atoms with E-state index in [1.807, 2.05) is 12.1 Å². The molecule has 2 rings (SSSR count). The fourth-order valence-corrected chi connectivity index (χ4v) is 1.82. The number of carbonyl (C=O) groups excluding carboxylic acids is 1. The van der Waals surface area contributed by atoms with Crippen molar-refractivity contribution in [2.45, 2.75) is 12.8 Å². The molecule has 0 aliphatic carbocycles. The second kappa shape index (κ2) is 4.16. The van der Waals surface area contributed by atoms with Gasteiger partial charge < -0.3 is 10.6 Å². The van der Waals surface area contributed by atoms with Crippen molar-refractivity contribution in [3.05, 3.63) is 18.3 Å². The van der Waals surface area contributed by atoms with Crippen LogP contribution in [0.15, 0.2) is 18.3 Å². The lowest BCUT2D eigenvalue weighted by molar-refractivity contribution is 0.259. The highest BCUT2D eigenvalue weighted by Crippen LogP contribution is 2.26. The van der Waals surface area contributed by atoms with Gasteiger partial charge in [-0.05, 0) is 25.0 Å². The molecular formula is C10H14N4O. The molecule has 2 heterocycles. The predicted molar refractivity (Wildman–Crippen MR) is 58.9 cm³/mol. The minimum Gasteiger partial charge on any atom is -0.369 e. The Balaban J connectivity index is 2.24. The number of amides is 2. The summed E-state index contributed by atoms with van der Waals surface area (Å²) in [5.41, 5.74) is 6.04. The van der Waals surface area contributed by atoms with Gasteiger partial charge in [-0.1, -0.05) is 0 Å². The Hall–Kier alpha value is -1.78. The minimum absolute atomic E-state index is 0.548. The van der Waals surface area contributed by atoms with Gasteiger partial charge in [0.2, 0.25) is 0 Å². The summed E-state index contributed by atoms with van der Waals surface area (Å²) >= 11 is 0. The van der Waals surface area contributed by atoms with Gasteiger partial charge in [-0.3, -0.25) is 5.32 Å². The SMILES string of the molecule is NC(=O)Nc1ncccc1N1CCCC1. The molecule has 0 bridgehead atoms. The van der Waals surface area contributed by atoms with E-state index in [0.29, 0.717) is 5.82 Å². The Labute approximate surface area is 88.3 Å². The van der Waals surface area contributed by atoms with Crippen LogP contribution in [-0.2, 0) is 0 Å². The third-order valence-electron chi connectivity index (χ3n) is 2.47. The summed E-state index contributed by atoms with van der Waals surface area (Å²) in [5, 5.41) is 2.54. The van der Waals surface area contributed by atoms with E-state index in [1.54, 1.807) is 6.20 Å². The van der Waals surface area contributed by atoms with Gasteiger partial charge in [-0.15, -0.1) is 0 Å². The first-order valence-corrected chi connectivity index (χ1v) is 5.04. The third kappa shape index (κ3) is 2.18. The normalized spacial score (nSPS) is 15.3. The van der Waals surface area contributed by atoms with Crippen molar-refractivity contribution in [1.29, 1.82) is 0 Å². The van der Waals surface area contributed by atoms with E-state index in [-0.39, 0.29) is 0 Å². The molecule has 5 heteroatoms. The van der Waals surface area contributed by atoms with E-state index in [0.717, 1.165) is 18.8 Å². The van der Waals surface area contributed by atoms with E-state index >= 15 is 0 Å². The Morgan fingerprint density at radius 1 is 1.47 bits per heavy atom. The topological polar surface area (TPSA) is 71.2 Å². The van der Waals surface area contributed by atoms with E-state index in [4.69, 9.17) is 5.73 Å². The lowest BCUT2D eigenvalue weighted by Gasteiger charge is -2.19. The third-order valence-corrected chi connectivity index (χ3v) is 2.47. The van der Waals surface area contributed by atoms with Crippen LogP contribution in [0.4, 0.5) is 16.3 Å². The molecule has 5 nitrogen and oxygen atoms in total. The molecule has 1 fully saturated rings. The van der Waals surface area contributed by atoms with Crippen LogP contribution in [0.25, 0.3) is 0 Å². The number of aromatic nitrogens is 1. The zero-order chi connectivity index (χ0) is 10.7. The summed E-state index contributed by atoms with van der Waals surface area (Å²) in [5.74, 6) is 0.548. The zero-order valence-corrected chi connectivity index (χ0v) is 8.44. The number of anilines is 2. The Morgan fingerprint density at radius 3 is 2.87 bits per heavy atom. The average molecular weight is 206 g/mol. The van der Waals surface area contributed by atoms with Crippen molar-refractivity contribution < 1.29 is 4.79 Å². The molecular weight excluding hydrogens is 192 g/mol. The summed E-state index contributed by atoms with van der Waals surface area (Å²) in [4.78, 5) is 17.1. The van der Waals surface area contributed by atoms with Gasteiger partial charge in [0.05, 0.1) is 5.69 Å². The van der Waals surface area contributed by atoms with Crippen LogP contribution < -0.4 is 16.0 Å². The highest BCUT2D eigenvalue weighted by Gasteiger charge is 2.16. The molecule has 3 N–H and O–H groups in total. The Kier molecular flexibility index (Phi) is 2.71. The van der Waals surface area contributed by atoms with Crippen LogP contribution in [0.2, 0.25) is 0 Å². The fraction of sp³-hybridized carbons (Fsp3) is 0.400. The molecule has 1 aliphatic heterocycles. The van der Waals surface area contributed by atoms with Gasteiger partial charge in [0, 0.05) is 19.3 Å². The van der Waals surface area contributed by atoms with E-state index in [9.17, 15) is 4.79 Å². The molecule has 0 radical (unpaired) electrons. The largest absolute Gasteiger partial charge is 0.369 e.